The maximum Gasteiger partial charge on any atom is 0.266 e. The van der Waals surface area contributed by atoms with Crippen LogP contribution in [0.15, 0.2) is 47.7 Å². The van der Waals surface area contributed by atoms with E-state index >= 15 is 0 Å². The fourth-order valence-corrected chi connectivity index (χ4v) is 3.49. The Morgan fingerprint density at radius 3 is 3.00 bits per heavy atom. The van der Waals surface area contributed by atoms with Gasteiger partial charge in [0.05, 0.1) is 36.2 Å². The molecule has 0 saturated carbocycles. The molecule has 1 aliphatic rings. The highest BCUT2D eigenvalue weighted by atomic mass is 32.1. The van der Waals surface area contributed by atoms with E-state index in [0.717, 1.165) is 36.5 Å². The Kier molecular flexibility index (Phi) is 4.04. The van der Waals surface area contributed by atoms with Gasteiger partial charge in [0, 0.05) is 30.6 Å². The van der Waals surface area contributed by atoms with Crippen LogP contribution in [-0.2, 0) is 6.54 Å². The summed E-state index contributed by atoms with van der Waals surface area (Å²) in [5.74, 6) is 0.888. The first-order chi connectivity index (χ1) is 11.8. The second-order valence-electron chi connectivity index (χ2n) is 5.74. The van der Waals surface area contributed by atoms with Gasteiger partial charge in [-0.25, -0.2) is 4.68 Å². The van der Waals surface area contributed by atoms with Gasteiger partial charge in [0.25, 0.3) is 5.56 Å². The quantitative estimate of drug-likeness (QED) is 0.721. The van der Waals surface area contributed by atoms with Gasteiger partial charge >= 0.3 is 0 Å². The SMILES string of the molecule is O=c1ccc(-c2cccnc2)nn1CC1CCCN1c1cnsn1. The standard InChI is InChI=1S/C16H16N6OS/c23-16-6-5-14(12-3-1-7-17-9-12)19-22(16)11-13-4-2-8-21(13)15-10-18-24-20-15/h1,3,5-7,9-10,13H,2,4,8,11H2. The van der Waals surface area contributed by atoms with Crippen molar-refractivity contribution < 1.29 is 0 Å². The van der Waals surface area contributed by atoms with Gasteiger partial charge < -0.3 is 4.90 Å². The molecule has 122 valence electrons. The molecule has 1 atom stereocenters. The summed E-state index contributed by atoms with van der Waals surface area (Å²) in [7, 11) is 0. The summed E-state index contributed by atoms with van der Waals surface area (Å²) in [6.45, 7) is 1.48. The monoisotopic (exact) mass is 340 g/mol. The molecule has 4 heterocycles. The summed E-state index contributed by atoms with van der Waals surface area (Å²) in [6.07, 6.45) is 7.35. The smallest absolute Gasteiger partial charge is 0.266 e. The molecule has 0 radical (unpaired) electrons. The van der Waals surface area contributed by atoms with Crippen molar-refractivity contribution >= 4 is 17.5 Å². The first-order valence-electron chi connectivity index (χ1n) is 7.84. The summed E-state index contributed by atoms with van der Waals surface area (Å²) in [5, 5.41) is 4.53. The molecule has 4 rings (SSSR count). The van der Waals surface area contributed by atoms with Crippen molar-refractivity contribution in [3.8, 4) is 11.3 Å². The van der Waals surface area contributed by atoms with Crippen LogP contribution >= 0.6 is 11.7 Å². The third-order valence-electron chi connectivity index (χ3n) is 4.23. The van der Waals surface area contributed by atoms with Crippen molar-refractivity contribution in [2.24, 2.45) is 0 Å². The van der Waals surface area contributed by atoms with E-state index in [4.69, 9.17) is 0 Å². The summed E-state index contributed by atoms with van der Waals surface area (Å²) in [5.41, 5.74) is 1.56. The Balaban J connectivity index is 1.61. The predicted molar refractivity (Wildman–Crippen MR) is 92.0 cm³/mol. The zero-order chi connectivity index (χ0) is 16.4. The zero-order valence-electron chi connectivity index (χ0n) is 12.9. The fraction of sp³-hybridized carbons (Fsp3) is 0.312. The van der Waals surface area contributed by atoms with E-state index in [1.54, 1.807) is 35.4 Å². The highest BCUT2D eigenvalue weighted by Gasteiger charge is 2.27. The fourth-order valence-electron chi connectivity index (χ4n) is 3.06. The highest BCUT2D eigenvalue weighted by Crippen LogP contribution is 2.24. The third-order valence-corrected chi connectivity index (χ3v) is 4.70. The average Bonchev–Trinajstić information content (AvgIpc) is 3.29. The summed E-state index contributed by atoms with van der Waals surface area (Å²) in [4.78, 5) is 18.6. The van der Waals surface area contributed by atoms with Crippen LogP contribution in [0.25, 0.3) is 11.3 Å². The molecule has 0 N–H and O–H groups in total. The maximum absolute atomic E-state index is 12.2. The van der Waals surface area contributed by atoms with E-state index in [1.165, 1.54) is 11.7 Å². The minimum atomic E-state index is -0.0918. The lowest BCUT2D eigenvalue weighted by atomic mass is 10.2. The van der Waals surface area contributed by atoms with Crippen LogP contribution < -0.4 is 10.5 Å². The first-order valence-corrected chi connectivity index (χ1v) is 8.57. The molecule has 1 aliphatic heterocycles. The van der Waals surface area contributed by atoms with Gasteiger partial charge in [-0.15, -0.1) is 0 Å². The van der Waals surface area contributed by atoms with Crippen LogP contribution in [0.3, 0.4) is 0 Å². The molecule has 1 saturated heterocycles. The molecule has 0 bridgehead atoms. The Labute approximate surface area is 142 Å². The number of nitrogens with zero attached hydrogens (tertiary/aromatic N) is 6. The second-order valence-corrected chi connectivity index (χ2v) is 6.29. The lowest BCUT2D eigenvalue weighted by Gasteiger charge is -2.24. The first kappa shape index (κ1) is 14.9. The van der Waals surface area contributed by atoms with E-state index in [9.17, 15) is 4.79 Å². The van der Waals surface area contributed by atoms with Crippen molar-refractivity contribution in [3.05, 3.63) is 53.2 Å². The van der Waals surface area contributed by atoms with E-state index in [1.807, 2.05) is 12.1 Å². The third kappa shape index (κ3) is 2.92. The van der Waals surface area contributed by atoms with E-state index in [2.05, 4.69) is 23.7 Å². The molecule has 1 unspecified atom stereocenters. The minimum absolute atomic E-state index is 0.0918. The molecule has 7 nitrogen and oxygen atoms in total. The molecular weight excluding hydrogens is 324 g/mol. The van der Waals surface area contributed by atoms with Gasteiger partial charge in [0.1, 0.15) is 0 Å². The predicted octanol–water partition coefficient (Wildman–Crippen LogP) is 1.83. The minimum Gasteiger partial charge on any atom is -0.350 e. The Bertz CT molecular complexity index is 864. The lowest BCUT2D eigenvalue weighted by Crippen LogP contribution is -2.37. The number of hydrogen-bond donors (Lipinski definition) is 0. The number of pyridine rings is 1. The Morgan fingerprint density at radius 2 is 2.21 bits per heavy atom. The molecule has 3 aromatic heterocycles. The number of aromatic nitrogens is 5. The highest BCUT2D eigenvalue weighted by molar-refractivity contribution is 6.99. The van der Waals surface area contributed by atoms with Gasteiger partial charge in [-0.05, 0) is 31.0 Å². The summed E-state index contributed by atoms with van der Waals surface area (Å²) < 4.78 is 9.94. The molecule has 1 fully saturated rings. The molecule has 24 heavy (non-hydrogen) atoms. The normalized spacial score (nSPS) is 17.3. The van der Waals surface area contributed by atoms with Crippen LogP contribution in [0.2, 0.25) is 0 Å². The molecule has 0 spiro atoms. The molecule has 3 aromatic rings. The average molecular weight is 340 g/mol. The van der Waals surface area contributed by atoms with E-state index < -0.39 is 0 Å². The maximum atomic E-state index is 12.2. The van der Waals surface area contributed by atoms with Crippen LogP contribution in [0, 0.1) is 0 Å². The Morgan fingerprint density at radius 1 is 1.25 bits per heavy atom. The van der Waals surface area contributed by atoms with Gasteiger partial charge in [0.15, 0.2) is 5.82 Å². The molecule has 8 heteroatoms. The zero-order valence-corrected chi connectivity index (χ0v) is 13.8. The summed E-state index contributed by atoms with van der Waals surface area (Å²) in [6, 6.07) is 7.32. The van der Waals surface area contributed by atoms with Crippen LogP contribution in [-0.4, -0.2) is 36.1 Å². The van der Waals surface area contributed by atoms with Gasteiger partial charge in [-0.3, -0.25) is 9.78 Å². The van der Waals surface area contributed by atoms with Crippen molar-refractivity contribution in [1.82, 2.24) is 23.5 Å². The molecule has 0 amide bonds. The van der Waals surface area contributed by atoms with E-state index in [-0.39, 0.29) is 11.6 Å². The molecule has 0 aliphatic carbocycles. The van der Waals surface area contributed by atoms with Crippen molar-refractivity contribution in [2.75, 3.05) is 11.4 Å². The molecule has 0 aromatic carbocycles. The summed E-state index contributed by atoms with van der Waals surface area (Å²) >= 11 is 1.20. The van der Waals surface area contributed by atoms with E-state index in [0.29, 0.717) is 6.54 Å². The molecular formula is C16H16N6OS. The van der Waals surface area contributed by atoms with Crippen LogP contribution in [0.4, 0.5) is 5.82 Å². The largest absolute Gasteiger partial charge is 0.350 e. The lowest BCUT2D eigenvalue weighted by molar-refractivity contribution is 0.489. The van der Waals surface area contributed by atoms with Crippen molar-refractivity contribution in [3.63, 3.8) is 0 Å². The topological polar surface area (TPSA) is 76.8 Å². The van der Waals surface area contributed by atoms with Crippen LogP contribution in [0.1, 0.15) is 12.8 Å². The second kappa shape index (κ2) is 6.48. The number of hydrogen-bond acceptors (Lipinski definition) is 7. The Hall–Kier alpha value is -2.61. The van der Waals surface area contributed by atoms with Crippen molar-refractivity contribution in [1.29, 1.82) is 0 Å². The van der Waals surface area contributed by atoms with Gasteiger partial charge in [-0.2, -0.15) is 13.8 Å². The van der Waals surface area contributed by atoms with Crippen molar-refractivity contribution in [2.45, 2.75) is 25.4 Å². The number of rotatable bonds is 4. The van der Waals surface area contributed by atoms with Gasteiger partial charge in [-0.1, -0.05) is 0 Å². The number of anilines is 1. The van der Waals surface area contributed by atoms with Gasteiger partial charge in [0.2, 0.25) is 0 Å². The van der Waals surface area contributed by atoms with Crippen LogP contribution in [0.5, 0.6) is 0 Å².